The highest BCUT2D eigenvalue weighted by Gasteiger charge is 2.34. The third-order valence-electron chi connectivity index (χ3n) is 5.46. The number of hydrogen-bond acceptors (Lipinski definition) is 4. The standard InChI is InChI=1S/C17H30N4O3/c18-12-14-6-7-15(24-14)16(22)20-8-10-21(11-9-20)17(23)19-13-4-2-1-3-5-13/h13-15H,1-12,18H2,(H,19,23)/t14-,15+/m1/s1. The number of hydrogen-bond donors (Lipinski definition) is 2. The van der Waals surface area contributed by atoms with Crippen LogP contribution in [0.25, 0.3) is 0 Å². The van der Waals surface area contributed by atoms with E-state index in [1.807, 2.05) is 9.80 Å². The van der Waals surface area contributed by atoms with Gasteiger partial charge in [0.25, 0.3) is 5.91 Å². The maximum absolute atomic E-state index is 12.5. The lowest BCUT2D eigenvalue weighted by atomic mass is 9.96. The highest BCUT2D eigenvalue weighted by molar-refractivity contribution is 5.82. The molecular weight excluding hydrogens is 308 g/mol. The first kappa shape index (κ1) is 17.5. The number of carbonyl (C=O) groups excluding carboxylic acids is 2. The van der Waals surface area contributed by atoms with Crippen LogP contribution in [0.4, 0.5) is 4.79 Å². The molecule has 3 fully saturated rings. The summed E-state index contributed by atoms with van der Waals surface area (Å²) in [4.78, 5) is 28.5. The third-order valence-corrected chi connectivity index (χ3v) is 5.46. The van der Waals surface area contributed by atoms with Crippen molar-refractivity contribution < 1.29 is 14.3 Å². The van der Waals surface area contributed by atoms with Gasteiger partial charge in [-0.15, -0.1) is 0 Å². The second-order valence-corrected chi connectivity index (χ2v) is 7.16. The highest BCUT2D eigenvalue weighted by Crippen LogP contribution is 2.21. The largest absolute Gasteiger partial charge is 0.364 e. The fourth-order valence-corrected chi connectivity index (χ4v) is 3.91. The van der Waals surface area contributed by atoms with Crippen LogP contribution < -0.4 is 11.1 Å². The number of nitrogens with zero attached hydrogens (tertiary/aromatic N) is 2. The third kappa shape index (κ3) is 4.19. The van der Waals surface area contributed by atoms with E-state index in [4.69, 9.17) is 10.5 Å². The maximum Gasteiger partial charge on any atom is 0.317 e. The summed E-state index contributed by atoms with van der Waals surface area (Å²) >= 11 is 0. The Balaban J connectivity index is 1.41. The van der Waals surface area contributed by atoms with E-state index in [0.29, 0.717) is 38.8 Å². The van der Waals surface area contributed by atoms with Gasteiger partial charge in [-0.2, -0.15) is 0 Å². The van der Waals surface area contributed by atoms with Crippen molar-refractivity contribution in [1.29, 1.82) is 0 Å². The number of carbonyl (C=O) groups is 2. The van der Waals surface area contributed by atoms with Gasteiger partial charge in [-0.1, -0.05) is 19.3 Å². The van der Waals surface area contributed by atoms with Gasteiger partial charge in [-0.25, -0.2) is 4.79 Å². The molecule has 1 saturated carbocycles. The van der Waals surface area contributed by atoms with Gasteiger partial charge in [0.1, 0.15) is 6.10 Å². The fourth-order valence-electron chi connectivity index (χ4n) is 3.91. The molecule has 0 radical (unpaired) electrons. The summed E-state index contributed by atoms with van der Waals surface area (Å²) in [5, 5.41) is 3.15. The van der Waals surface area contributed by atoms with Gasteiger partial charge in [0, 0.05) is 38.8 Å². The Morgan fingerprint density at radius 1 is 0.958 bits per heavy atom. The van der Waals surface area contributed by atoms with Crippen molar-refractivity contribution in [3.8, 4) is 0 Å². The summed E-state index contributed by atoms with van der Waals surface area (Å²) in [6.07, 6.45) is 7.15. The van der Waals surface area contributed by atoms with E-state index in [1.54, 1.807) is 0 Å². The second-order valence-electron chi connectivity index (χ2n) is 7.16. The number of nitrogens with one attached hydrogen (secondary N) is 1. The zero-order chi connectivity index (χ0) is 16.9. The maximum atomic E-state index is 12.5. The van der Waals surface area contributed by atoms with Crippen molar-refractivity contribution in [3.05, 3.63) is 0 Å². The van der Waals surface area contributed by atoms with Crippen LogP contribution in [0.5, 0.6) is 0 Å². The lowest BCUT2D eigenvalue weighted by Crippen LogP contribution is -2.56. The Morgan fingerprint density at radius 2 is 1.62 bits per heavy atom. The zero-order valence-electron chi connectivity index (χ0n) is 14.4. The summed E-state index contributed by atoms with van der Waals surface area (Å²) in [5.74, 6) is 0.0540. The van der Waals surface area contributed by atoms with E-state index >= 15 is 0 Å². The zero-order valence-corrected chi connectivity index (χ0v) is 14.4. The number of nitrogens with two attached hydrogens (primary N) is 1. The minimum absolute atomic E-state index is 0.0153. The minimum atomic E-state index is -0.346. The Bertz CT molecular complexity index is 445. The summed E-state index contributed by atoms with van der Waals surface area (Å²) in [5.41, 5.74) is 5.60. The van der Waals surface area contributed by atoms with E-state index < -0.39 is 0 Å². The van der Waals surface area contributed by atoms with Gasteiger partial charge in [0.15, 0.2) is 0 Å². The van der Waals surface area contributed by atoms with Gasteiger partial charge in [-0.3, -0.25) is 4.79 Å². The number of rotatable bonds is 3. The van der Waals surface area contributed by atoms with Crippen molar-refractivity contribution in [1.82, 2.24) is 15.1 Å². The smallest absolute Gasteiger partial charge is 0.317 e. The van der Waals surface area contributed by atoms with Crippen molar-refractivity contribution in [2.75, 3.05) is 32.7 Å². The Labute approximate surface area is 143 Å². The summed E-state index contributed by atoms with van der Waals surface area (Å²) < 4.78 is 5.69. The highest BCUT2D eigenvalue weighted by atomic mass is 16.5. The van der Waals surface area contributed by atoms with Gasteiger partial charge in [0.05, 0.1) is 6.10 Å². The molecule has 3 N–H and O–H groups in total. The van der Waals surface area contributed by atoms with E-state index in [-0.39, 0.29) is 24.1 Å². The van der Waals surface area contributed by atoms with Crippen LogP contribution in [-0.2, 0) is 9.53 Å². The quantitative estimate of drug-likeness (QED) is 0.792. The van der Waals surface area contributed by atoms with Gasteiger partial charge in [0.2, 0.25) is 0 Å². The molecule has 3 aliphatic rings. The molecule has 0 bridgehead atoms. The van der Waals surface area contributed by atoms with Crippen molar-refractivity contribution in [2.45, 2.75) is 63.2 Å². The Hall–Kier alpha value is -1.34. The van der Waals surface area contributed by atoms with Crippen molar-refractivity contribution in [2.24, 2.45) is 5.73 Å². The fraction of sp³-hybridized carbons (Fsp3) is 0.882. The molecule has 2 heterocycles. The monoisotopic (exact) mass is 338 g/mol. The molecule has 136 valence electrons. The summed E-state index contributed by atoms with van der Waals surface area (Å²) in [6.45, 7) is 2.84. The molecule has 3 amide bonds. The summed E-state index contributed by atoms with van der Waals surface area (Å²) in [7, 11) is 0. The Kier molecular flexibility index (Phi) is 5.94. The predicted octanol–water partition coefficient (Wildman–Crippen LogP) is 0.679. The van der Waals surface area contributed by atoms with Crippen molar-refractivity contribution >= 4 is 11.9 Å². The average Bonchev–Trinajstić information content (AvgIpc) is 3.11. The molecule has 24 heavy (non-hydrogen) atoms. The molecule has 2 atom stereocenters. The average molecular weight is 338 g/mol. The van der Waals surface area contributed by atoms with Crippen LogP contribution in [0.1, 0.15) is 44.9 Å². The second kappa shape index (κ2) is 8.16. The molecule has 7 heteroatoms. The number of piperazine rings is 1. The Morgan fingerprint density at radius 3 is 2.25 bits per heavy atom. The van der Waals surface area contributed by atoms with Crippen LogP contribution >= 0.6 is 0 Å². The SMILES string of the molecule is NC[C@H]1CC[C@@H](C(=O)N2CCN(C(=O)NC3CCCCC3)CC2)O1. The molecule has 0 spiro atoms. The lowest BCUT2D eigenvalue weighted by molar-refractivity contribution is -0.144. The molecular formula is C17H30N4O3. The van der Waals surface area contributed by atoms with Crippen molar-refractivity contribution in [3.63, 3.8) is 0 Å². The molecule has 1 aliphatic carbocycles. The molecule has 0 unspecified atom stereocenters. The van der Waals surface area contributed by atoms with Crippen LogP contribution in [0.2, 0.25) is 0 Å². The van der Waals surface area contributed by atoms with Crippen LogP contribution in [0.15, 0.2) is 0 Å². The van der Waals surface area contributed by atoms with Gasteiger partial charge in [-0.05, 0) is 25.7 Å². The molecule has 3 rings (SSSR count). The lowest BCUT2D eigenvalue weighted by Gasteiger charge is -2.36. The normalized spacial score (nSPS) is 28.9. The molecule has 2 saturated heterocycles. The van der Waals surface area contributed by atoms with Gasteiger partial charge >= 0.3 is 6.03 Å². The van der Waals surface area contributed by atoms with Crippen LogP contribution in [0.3, 0.4) is 0 Å². The number of urea groups is 1. The van der Waals surface area contributed by atoms with E-state index in [0.717, 1.165) is 25.7 Å². The summed E-state index contributed by atoms with van der Waals surface area (Å²) in [6, 6.07) is 0.348. The molecule has 2 aliphatic heterocycles. The number of ether oxygens (including phenoxy) is 1. The topological polar surface area (TPSA) is 87.9 Å². The number of amides is 3. The first-order chi connectivity index (χ1) is 11.7. The minimum Gasteiger partial charge on any atom is -0.364 e. The molecule has 0 aromatic rings. The first-order valence-corrected chi connectivity index (χ1v) is 9.37. The van der Waals surface area contributed by atoms with Crippen LogP contribution in [0, 0.1) is 0 Å². The predicted molar refractivity (Wildman–Crippen MR) is 90.5 cm³/mol. The van der Waals surface area contributed by atoms with E-state index in [1.165, 1.54) is 19.3 Å². The molecule has 0 aromatic heterocycles. The van der Waals surface area contributed by atoms with E-state index in [9.17, 15) is 9.59 Å². The van der Waals surface area contributed by atoms with E-state index in [2.05, 4.69) is 5.32 Å². The molecule has 0 aromatic carbocycles. The van der Waals surface area contributed by atoms with Gasteiger partial charge < -0.3 is 25.6 Å². The molecule has 7 nitrogen and oxygen atoms in total. The first-order valence-electron chi connectivity index (χ1n) is 9.37. The van der Waals surface area contributed by atoms with Crippen LogP contribution in [-0.4, -0.2) is 72.7 Å².